The number of rotatable bonds is 6. The van der Waals surface area contributed by atoms with Crippen LogP contribution in [0.1, 0.15) is 45.4 Å². The summed E-state index contributed by atoms with van der Waals surface area (Å²) in [4.78, 5) is 10.3. The number of morpholine rings is 1. The maximum atomic E-state index is 5.61. The van der Waals surface area contributed by atoms with Crippen molar-refractivity contribution in [3.05, 3.63) is 0 Å². The van der Waals surface area contributed by atoms with Crippen molar-refractivity contribution in [2.75, 3.05) is 66.2 Å². The summed E-state index contributed by atoms with van der Waals surface area (Å²) in [6.45, 7) is 10.9. The van der Waals surface area contributed by atoms with Crippen molar-refractivity contribution >= 4 is 29.9 Å². The van der Waals surface area contributed by atoms with Crippen molar-refractivity contribution in [1.82, 2.24) is 15.1 Å². The van der Waals surface area contributed by atoms with Crippen LogP contribution in [0.25, 0.3) is 0 Å². The van der Waals surface area contributed by atoms with E-state index >= 15 is 0 Å². The number of aliphatic imine (C=N–C) groups is 1. The number of hydrogen-bond donors (Lipinski definition) is 1. The summed E-state index contributed by atoms with van der Waals surface area (Å²) in [6, 6.07) is 0. The lowest BCUT2D eigenvalue weighted by Gasteiger charge is -2.47. The highest BCUT2D eigenvalue weighted by molar-refractivity contribution is 14.0. The van der Waals surface area contributed by atoms with Gasteiger partial charge < -0.3 is 19.7 Å². The Morgan fingerprint density at radius 3 is 2.59 bits per heavy atom. The van der Waals surface area contributed by atoms with Crippen LogP contribution in [0.5, 0.6) is 0 Å². The Kier molecular flexibility index (Phi) is 10.1. The predicted octanol–water partition coefficient (Wildman–Crippen LogP) is 2.57. The van der Waals surface area contributed by atoms with Gasteiger partial charge in [-0.1, -0.05) is 19.3 Å². The topological polar surface area (TPSA) is 49.3 Å². The Labute approximate surface area is 182 Å². The molecule has 0 amide bonds. The van der Waals surface area contributed by atoms with Crippen molar-refractivity contribution in [3.63, 3.8) is 0 Å². The highest BCUT2D eigenvalue weighted by Gasteiger charge is 2.39. The van der Waals surface area contributed by atoms with E-state index in [1.165, 1.54) is 38.5 Å². The Morgan fingerprint density at radius 1 is 1.19 bits per heavy atom. The van der Waals surface area contributed by atoms with Gasteiger partial charge in [0.05, 0.1) is 26.4 Å². The van der Waals surface area contributed by atoms with E-state index < -0.39 is 0 Å². The zero-order chi connectivity index (χ0) is 18.2. The summed E-state index contributed by atoms with van der Waals surface area (Å²) >= 11 is 0. The minimum atomic E-state index is 0. The number of hydrogen-bond acceptors (Lipinski definition) is 4. The Bertz CT molecular complexity index is 451. The normalized spacial score (nSPS) is 26.7. The summed E-state index contributed by atoms with van der Waals surface area (Å²) in [6.07, 6.45) is 7.81. The fraction of sp³-hybridized carbons (Fsp3) is 0.950. The van der Waals surface area contributed by atoms with Gasteiger partial charge in [-0.05, 0) is 26.2 Å². The molecular formula is C20H39IN4O2. The highest BCUT2D eigenvalue weighted by atomic mass is 127. The molecule has 2 heterocycles. The fourth-order valence-corrected chi connectivity index (χ4v) is 4.87. The van der Waals surface area contributed by atoms with E-state index in [1.807, 2.05) is 0 Å². The molecule has 0 aromatic heterocycles. The second-order valence-electron chi connectivity index (χ2n) is 8.11. The van der Waals surface area contributed by atoms with E-state index in [1.54, 1.807) is 7.11 Å². The summed E-state index contributed by atoms with van der Waals surface area (Å²) in [5, 5.41) is 3.54. The third kappa shape index (κ3) is 6.18. The minimum Gasteiger partial charge on any atom is -0.384 e. The molecule has 3 aliphatic rings. The molecule has 0 bridgehead atoms. The molecule has 2 aliphatic heterocycles. The number of likely N-dealkylation sites (tertiary alicyclic amines) is 1. The van der Waals surface area contributed by atoms with Crippen molar-refractivity contribution in [1.29, 1.82) is 0 Å². The molecule has 1 N–H and O–H groups in total. The van der Waals surface area contributed by atoms with E-state index in [0.29, 0.717) is 5.92 Å². The average Bonchev–Trinajstić information content (AvgIpc) is 3.15. The zero-order valence-electron chi connectivity index (χ0n) is 17.3. The maximum Gasteiger partial charge on any atom is 0.193 e. The molecule has 1 aliphatic carbocycles. The van der Waals surface area contributed by atoms with Crippen LogP contribution in [0.4, 0.5) is 0 Å². The van der Waals surface area contributed by atoms with Crippen molar-refractivity contribution in [2.45, 2.75) is 51.0 Å². The second kappa shape index (κ2) is 11.8. The molecule has 158 valence electrons. The Morgan fingerprint density at radius 2 is 1.93 bits per heavy atom. The smallest absolute Gasteiger partial charge is 0.193 e. The number of nitrogens with one attached hydrogen (secondary N) is 1. The van der Waals surface area contributed by atoms with Crippen molar-refractivity contribution < 1.29 is 9.47 Å². The van der Waals surface area contributed by atoms with Gasteiger partial charge in [-0.2, -0.15) is 0 Å². The van der Waals surface area contributed by atoms with Crippen LogP contribution in [-0.4, -0.2) is 87.5 Å². The largest absolute Gasteiger partial charge is 0.384 e. The molecule has 27 heavy (non-hydrogen) atoms. The molecule has 6 nitrogen and oxygen atoms in total. The van der Waals surface area contributed by atoms with E-state index in [-0.39, 0.29) is 29.5 Å². The first-order chi connectivity index (χ1) is 12.8. The number of guanidine groups is 1. The number of nitrogens with zero attached hydrogens (tertiary/aromatic N) is 3. The third-order valence-corrected chi connectivity index (χ3v) is 6.31. The molecule has 0 aromatic carbocycles. The van der Waals surface area contributed by atoms with Gasteiger partial charge >= 0.3 is 0 Å². The molecule has 1 saturated carbocycles. The van der Waals surface area contributed by atoms with Gasteiger partial charge in [0.15, 0.2) is 5.96 Å². The monoisotopic (exact) mass is 494 g/mol. The molecule has 3 fully saturated rings. The minimum absolute atomic E-state index is 0. The van der Waals surface area contributed by atoms with Gasteiger partial charge in [0.25, 0.3) is 0 Å². The second-order valence-corrected chi connectivity index (χ2v) is 8.11. The standard InChI is InChI=1S/C20H38N4O2.HI/c1-3-21-19(23-10-7-18(15-23)16-25-2)22-17-20(8-5-4-6-9-20)24-11-13-26-14-12-24;/h18H,3-17H2,1-2H3,(H,21,22);1H. The quantitative estimate of drug-likeness (QED) is 0.350. The Hall–Kier alpha value is -0.120. The van der Waals surface area contributed by atoms with Gasteiger partial charge in [-0.25, -0.2) is 0 Å². The number of halogens is 1. The highest BCUT2D eigenvalue weighted by Crippen LogP contribution is 2.34. The molecule has 1 unspecified atom stereocenters. The van der Waals surface area contributed by atoms with Gasteiger partial charge in [0.2, 0.25) is 0 Å². The molecule has 0 radical (unpaired) electrons. The molecule has 3 rings (SSSR count). The lowest BCUT2D eigenvalue weighted by molar-refractivity contribution is -0.0334. The fourth-order valence-electron chi connectivity index (χ4n) is 4.87. The van der Waals surface area contributed by atoms with E-state index in [4.69, 9.17) is 14.5 Å². The predicted molar refractivity (Wildman–Crippen MR) is 121 cm³/mol. The first-order valence-electron chi connectivity index (χ1n) is 10.6. The maximum absolute atomic E-state index is 5.61. The van der Waals surface area contributed by atoms with Crippen molar-refractivity contribution in [2.24, 2.45) is 10.9 Å². The number of methoxy groups -OCH3 is 1. The van der Waals surface area contributed by atoms with Crippen LogP contribution in [0, 0.1) is 5.92 Å². The van der Waals surface area contributed by atoms with E-state index in [2.05, 4.69) is 22.0 Å². The van der Waals surface area contributed by atoms with Crippen LogP contribution in [0.3, 0.4) is 0 Å². The first kappa shape index (κ1) is 23.2. The van der Waals surface area contributed by atoms with Crippen molar-refractivity contribution in [3.8, 4) is 0 Å². The van der Waals surface area contributed by atoms with E-state index in [9.17, 15) is 0 Å². The molecule has 0 aromatic rings. The zero-order valence-corrected chi connectivity index (χ0v) is 19.6. The lowest BCUT2D eigenvalue weighted by atomic mass is 9.80. The SMILES string of the molecule is CCNC(=NCC1(N2CCOCC2)CCCCC1)N1CCC(COC)C1.I. The third-order valence-electron chi connectivity index (χ3n) is 6.31. The van der Waals surface area contributed by atoms with Crippen LogP contribution in [0.15, 0.2) is 4.99 Å². The summed E-state index contributed by atoms with van der Waals surface area (Å²) < 4.78 is 11.0. The number of ether oxygens (including phenoxy) is 2. The molecule has 0 spiro atoms. The average molecular weight is 494 g/mol. The van der Waals surface area contributed by atoms with E-state index in [0.717, 1.165) is 65.0 Å². The molecule has 1 atom stereocenters. The molecule has 7 heteroatoms. The summed E-state index contributed by atoms with van der Waals surface area (Å²) in [5.41, 5.74) is 0.244. The van der Waals surface area contributed by atoms with Gasteiger partial charge in [0.1, 0.15) is 0 Å². The van der Waals surface area contributed by atoms with Crippen LogP contribution in [0.2, 0.25) is 0 Å². The van der Waals surface area contributed by atoms with Gasteiger partial charge in [0, 0.05) is 51.3 Å². The first-order valence-corrected chi connectivity index (χ1v) is 10.6. The lowest BCUT2D eigenvalue weighted by Crippen LogP contribution is -2.56. The van der Waals surface area contributed by atoms with Crippen LogP contribution >= 0.6 is 24.0 Å². The molecule has 2 saturated heterocycles. The van der Waals surface area contributed by atoms with Crippen LogP contribution in [-0.2, 0) is 9.47 Å². The van der Waals surface area contributed by atoms with Gasteiger partial charge in [-0.3, -0.25) is 9.89 Å². The summed E-state index contributed by atoms with van der Waals surface area (Å²) in [7, 11) is 1.80. The van der Waals surface area contributed by atoms with Crippen LogP contribution < -0.4 is 5.32 Å². The Balaban J connectivity index is 0.00000261. The summed E-state index contributed by atoms with van der Waals surface area (Å²) in [5.74, 6) is 1.73. The van der Waals surface area contributed by atoms with Gasteiger partial charge in [-0.15, -0.1) is 24.0 Å². The molecular weight excluding hydrogens is 455 g/mol.